The minimum absolute atomic E-state index is 0.228. The number of pyridine rings is 1. The second kappa shape index (κ2) is 9.08. The van der Waals surface area contributed by atoms with E-state index in [2.05, 4.69) is 23.2 Å². The largest absolute Gasteiger partial charge is 0.482 e. The van der Waals surface area contributed by atoms with Crippen molar-refractivity contribution in [1.29, 1.82) is 0 Å². The molecule has 2 heterocycles. The lowest BCUT2D eigenvalue weighted by molar-refractivity contribution is 0.227. The lowest BCUT2D eigenvalue weighted by atomic mass is 9.88. The van der Waals surface area contributed by atoms with Crippen LogP contribution in [0.4, 0.5) is 5.82 Å². The van der Waals surface area contributed by atoms with Gasteiger partial charge in [0.25, 0.3) is 0 Å². The maximum Gasteiger partial charge on any atom is 0.166 e. The SMILES string of the molecule is Cc1ccc(Cl)c(C(C)Oc2cc(C3=CC(C4CCS(=O)(=O)CC4)C=C3)cnc2N)c1Cl. The highest BCUT2D eigenvalue weighted by atomic mass is 35.5. The number of hydrogen-bond acceptors (Lipinski definition) is 5. The van der Waals surface area contributed by atoms with Crippen LogP contribution >= 0.6 is 23.2 Å². The van der Waals surface area contributed by atoms with Crippen LogP contribution in [0.2, 0.25) is 10.0 Å². The molecule has 1 aromatic heterocycles. The van der Waals surface area contributed by atoms with Crippen molar-refractivity contribution < 1.29 is 13.2 Å². The monoisotopic (exact) mass is 492 g/mol. The number of nitrogen functional groups attached to an aromatic ring is 1. The molecule has 2 unspecified atom stereocenters. The van der Waals surface area contributed by atoms with Crippen molar-refractivity contribution in [1.82, 2.24) is 4.98 Å². The zero-order chi connectivity index (χ0) is 23.0. The Kier molecular flexibility index (Phi) is 6.57. The Bertz CT molecular complexity index is 1190. The number of halogens is 2. The van der Waals surface area contributed by atoms with E-state index in [9.17, 15) is 8.42 Å². The molecule has 8 heteroatoms. The van der Waals surface area contributed by atoms with Crippen molar-refractivity contribution in [2.24, 2.45) is 11.8 Å². The molecule has 2 aromatic rings. The number of benzene rings is 1. The Balaban J connectivity index is 1.54. The van der Waals surface area contributed by atoms with Crippen LogP contribution in [-0.4, -0.2) is 24.9 Å². The number of nitrogens with zero attached hydrogens (tertiary/aromatic N) is 1. The van der Waals surface area contributed by atoms with Gasteiger partial charge in [0.05, 0.1) is 16.5 Å². The van der Waals surface area contributed by atoms with Crippen molar-refractivity contribution in [3.8, 4) is 5.75 Å². The summed E-state index contributed by atoms with van der Waals surface area (Å²) in [5, 5.41) is 1.11. The van der Waals surface area contributed by atoms with E-state index in [1.165, 1.54) is 0 Å². The van der Waals surface area contributed by atoms with Crippen LogP contribution < -0.4 is 10.5 Å². The normalized spacial score (nSPS) is 21.4. The van der Waals surface area contributed by atoms with Gasteiger partial charge in [0.15, 0.2) is 11.6 Å². The average Bonchev–Trinajstić information content (AvgIpc) is 3.23. The van der Waals surface area contributed by atoms with Crippen molar-refractivity contribution in [3.63, 3.8) is 0 Å². The fourth-order valence-electron chi connectivity index (χ4n) is 4.32. The molecule has 1 aliphatic heterocycles. The van der Waals surface area contributed by atoms with Gasteiger partial charge in [-0.1, -0.05) is 47.5 Å². The predicted molar refractivity (Wildman–Crippen MR) is 131 cm³/mol. The molecule has 1 saturated heterocycles. The molecule has 0 bridgehead atoms. The highest BCUT2D eigenvalue weighted by molar-refractivity contribution is 7.91. The molecule has 0 spiro atoms. The number of nitrogens with two attached hydrogens (primary N) is 1. The van der Waals surface area contributed by atoms with Gasteiger partial charge in [0.2, 0.25) is 0 Å². The van der Waals surface area contributed by atoms with E-state index in [0.29, 0.717) is 40.1 Å². The summed E-state index contributed by atoms with van der Waals surface area (Å²) in [7, 11) is -2.87. The van der Waals surface area contributed by atoms with E-state index < -0.39 is 15.9 Å². The van der Waals surface area contributed by atoms with Gasteiger partial charge < -0.3 is 10.5 Å². The van der Waals surface area contributed by atoms with E-state index in [4.69, 9.17) is 33.7 Å². The summed E-state index contributed by atoms with van der Waals surface area (Å²) >= 11 is 12.9. The Hall–Kier alpha value is -2.02. The Labute approximate surface area is 199 Å². The summed E-state index contributed by atoms with van der Waals surface area (Å²) in [6, 6.07) is 5.55. The molecule has 0 amide bonds. The molecule has 1 aromatic carbocycles. The first-order chi connectivity index (χ1) is 15.1. The van der Waals surface area contributed by atoms with Gasteiger partial charge in [-0.3, -0.25) is 0 Å². The van der Waals surface area contributed by atoms with Crippen LogP contribution in [0.25, 0.3) is 5.57 Å². The molecule has 0 radical (unpaired) electrons. The number of aromatic nitrogens is 1. The maximum atomic E-state index is 11.7. The molecular weight excluding hydrogens is 467 g/mol. The molecule has 2 aliphatic rings. The number of ether oxygens (including phenoxy) is 1. The first-order valence-corrected chi connectivity index (χ1v) is 13.2. The zero-order valence-corrected chi connectivity index (χ0v) is 20.3. The number of allylic oxidation sites excluding steroid dienone is 4. The lowest BCUT2D eigenvalue weighted by Gasteiger charge is -2.25. The smallest absolute Gasteiger partial charge is 0.166 e. The summed E-state index contributed by atoms with van der Waals surface area (Å²) in [6.07, 6.45) is 9.09. The standard InChI is InChI=1S/C24H26Cl2N2O3S/c1-14-3-6-20(25)22(23(14)26)15(2)31-21-12-19(13-28-24(21)27)18-5-4-17(11-18)16-7-9-32(29,30)10-8-16/h3-6,11-13,15-17H,7-10H2,1-2H3,(H2,27,28). The van der Waals surface area contributed by atoms with Gasteiger partial charge in [0.1, 0.15) is 15.9 Å². The molecule has 5 nitrogen and oxygen atoms in total. The van der Waals surface area contributed by atoms with E-state index in [0.717, 1.165) is 16.7 Å². The number of anilines is 1. The van der Waals surface area contributed by atoms with E-state index in [-0.39, 0.29) is 23.2 Å². The minimum atomic E-state index is -2.87. The second-order valence-electron chi connectivity index (χ2n) is 8.51. The Morgan fingerprint density at radius 3 is 2.66 bits per heavy atom. The van der Waals surface area contributed by atoms with Crippen LogP contribution in [0.5, 0.6) is 5.75 Å². The van der Waals surface area contributed by atoms with Gasteiger partial charge in [-0.05, 0) is 61.8 Å². The molecule has 2 N–H and O–H groups in total. The summed E-state index contributed by atoms with van der Waals surface area (Å²) in [5.41, 5.74) is 9.65. The van der Waals surface area contributed by atoms with Crippen LogP contribution in [0.3, 0.4) is 0 Å². The molecule has 170 valence electrons. The third-order valence-electron chi connectivity index (χ3n) is 6.26. The van der Waals surface area contributed by atoms with Gasteiger partial charge in [0, 0.05) is 22.3 Å². The number of rotatable bonds is 5. The predicted octanol–water partition coefficient (Wildman–Crippen LogP) is 5.81. The highest BCUT2D eigenvalue weighted by Gasteiger charge is 2.29. The fourth-order valence-corrected chi connectivity index (χ4v) is 6.53. The van der Waals surface area contributed by atoms with Gasteiger partial charge in [-0.25, -0.2) is 13.4 Å². The third kappa shape index (κ3) is 4.82. The van der Waals surface area contributed by atoms with Crippen molar-refractivity contribution >= 4 is 44.4 Å². The summed E-state index contributed by atoms with van der Waals surface area (Å²) < 4.78 is 29.6. The summed E-state index contributed by atoms with van der Waals surface area (Å²) in [6.45, 7) is 3.79. The van der Waals surface area contributed by atoms with Crippen LogP contribution in [-0.2, 0) is 9.84 Å². The molecule has 1 fully saturated rings. The number of sulfone groups is 1. The second-order valence-corrected chi connectivity index (χ2v) is 11.6. The van der Waals surface area contributed by atoms with Crippen molar-refractivity contribution in [3.05, 3.63) is 69.4 Å². The molecular formula is C24H26Cl2N2O3S. The number of aryl methyl sites for hydroxylation is 1. The molecule has 4 rings (SSSR count). The first-order valence-electron chi connectivity index (χ1n) is 10.6. The fraction of sp³-hybridized carbons (Fsp3) is 0.375. The van der Waals surface area contributed by atoms with Crippen molar-refractivity contribution in [2.75, 3.05) is 17.2 Å². The molecule has 0 saturated carbocycles. The maximum absolute atomic E-state index is 11.7. The highest BCUT2D eigenvalue weighted by Crippen LogP contribution is 2.39. The van der Waals surface area contributed by atoms with E-state index in [1.807, 2.05) is 26.0 Å². The topological polar surface area (TPSA) is 82.3 Å². The zero-order valence-electron chi connectivity index (χ0n) is 18.0. The summed E-state index contributed by atoms with van der Waals surface area (Å²) in [5.74, 6) is 1.87. The molecule has 32 heavy (non-hydrogen) atoms. The van der Waals surface area contributed by atoms with Gasteiger partial charge >= 0.3 is 0 Å². The van der Waals surface area contributed by atoms with E-state index in [1.54, 1.807) is 12.3 Å². The van der Waals surface area contributed by atoms with Crippen LogP contribution in [0.1, 0.15) is 42.6 Å². The van der Waals surface area contributed by atoms with Crippen LogP contribution in [0.15, 0.2) is 42.6 Å². The Morgan fingerprint density at radius 2 is 1.94 bits per heavy atom. The van der Waals surface area contributed by atoms with Crippen molar-refractivity contribution in [2.45, 2.75) is 32.8 Å². The van der Waals surface area contributed by atoms with Gasteiger partial charge in [-0.2, -0.15) is 0 Å². The van der Waals surface area contributed by atoms with Gasteiger partial charge in [-0.15, -0.1) is 0 Å². The lowest BCUT2D eigenvalue weighted by Crippen LogP contribution is -2.26. The third-order valence-corrected chi connectivity index (χ3v) is 8.81. The van der Waals surface area contributed by atoms with Crippen LogP contribution in [0, 0.1) is 18.8 Å². The molecule has 2 atom stereocenters. The first kappa shape index (κ1) is 23.1. The van der Waals surface area contributed by atoms with E-state index >= 15 is 0 Å². The quantitative estimate of drug-likeness (QED) is 0.568. The Morgan fingerprint density at radius 1 is 1.22 bits per heavy atom. The number of hydrogen-bond donors (Lipinski definition) is 1. The minimum Gasteiger partial charge on any atom is -0.482 e. The summed E-state index contributed by atoms with van der Waals surface area (Å²) in [4.78, 5) is 4.32. The molecule has 1 aliphatic carbocycles. The average molecular weight is 493 g/mol.